The number of ketones is 1. The lowest BCUT2D eigenvalue weighted by molar-refractivity contribution is 0.102. The number of pyridine rings is 1. The van der Waals surface area contributed by atoms with E-state index in [1.54, 1.807) is 35.6 Å². The van der Waals surface area contributed by atoms with Gasteiger partial charge in [-0.15, -0.1) is 11.3 Å². The largest absolute Gasteiger partial charge is 0.293 e. The number of carbonyl (C=O) groups excluding carboxylic acids is 1. The molecule has 6 heteroatoms. The molecule has 124 valence electrons. The van der Waals surface area contributed by atoms with Crippen LogP contribution in [0.15, 0.2) is 52.9 Å². The molecule has 0 saturated carbocycles. The molecule has 0 radical (unpaired) electrons. The second kappa shape index (κ2) is 7.83. The van der Waals surface area contributed by atoms with Gasteiger partial charge in [0.15, 0.2) is 5.78 Å². The monoisotopic (exact) mass is 384 g/mol. The fraction of sp³-hybridized carbons (Fsp3) is 0.105. The van der Waals surface area contributed by atoms with Gasteiger partial charge in [-0.2, -0.15) is 5.26 Å². The van der Waals surface area contributed by atoms with E-state index in [0.29, 0.717) is 21.2 Å². The van der Waals surface area contributed by atoms with Crippen LogP contribution in [0, 0.1) is 18.3 Å². The molecule has 0 unspecified atom stereocenters. The molecule has 0 atom stereocenters. The van der Waals surface area contributed by atoms with E-state index < -0.39 is 0 Å². The topological polar surface area (TPSA) is 53.8 Å². The van der Waals surface area contributed by atoms with Gasteiger partial charge in [-0.05, 0) is 42.1 Å². The van der Waals surface area contributed by atoms with E-state index in [0.717, 1.165) is 16.1 Å². The lowest BCUT2D eigenvalue weighted by Crippen LogP contribution is -2.03. The van der Waals surface area contributed by atoms with Crippen molar-refractivity contribution in [3.63, 3.8) is 0 Å². The first-order valence-electron chi connectivity index (χ1n) is 7.45. The highest BCUT2D eigenvalue weighted by Crippen LogP contribution is 2.31. The summed E-state index contributed by atoms with van der Waals surface area (Å²) >= 11 is 8.81. The standard InChI is InChI=1S/C19H13ClN2OS2/c1-12-8-14(10-21)19(22-18(12)17-6-3-7-24-17)25-11-16(23)13-4-2-5-15(20)9-13/h2-9H,11H2,1H3. The van der Waals surface area contributed by atoms with Crippen LogP contribution >= 0.6 is 34.7 Å². The third-order valence-corrected chi connectivity index (χ3v) is 5.64. The molecule has 0 N–H and O–H groups in total. The zero-order valence-electron chi connectivity index (χ0n) is 13.3. The van der Waals surface area contributed by atoms with Crippen LogP contribution in [-0.2, 0) is 0 Å². The van der Waals surface area contributed by atoms with Gasteiger partial charge in [0.25, 0.3) is 0 Å². The highest BCUT2D eigenvalue weighted by molar-refractivity contribution is 8.00. The van der Waals surface area contributed by atoms with Crippen LogP contribution in [0.5, 0.6) is 0 Å². The Kier molecular flexibility index (Phi) is 5.54. The average molecular weight is 385 g/mol. The molecule has 0 fully saturated rings. The molecule has 0 spiro atoms. The molecule has 0 aliphatic heterocycles. The van der Waals surface area contributed by atoms with Crippen LogP contribution in [0.2, 0.25) is 5.02 Å². The fourth-order valence-corrected chi connectivity index (χ4v) is 4.15. The molecular formula is C19H13ClN2OS2. The summed E-state index contributed by atoms with van der Waals surface area (Å²) in [6.07, 6.45) is 0. The van der Waals surface area contributed by atoms with Gasteiger partial charge in [-0.25, -0.2) is 4.98 Å². The number of Topliss-reactive ketones (excluding diaryl/α,β-unsaturated/α-hetero) is 1. The van der Waals surface area contributed by atoms with Crippen molar-refractivity contribution in [3.05, 3.63) is 69.6 Å². The van der Waals surface area contributed by atoms with Crippen molar-refractivity contribution >= 4 is 40.5 Å². The Morgan fingerprint density at radius 3 is 2.84 bits per heavy atom. The minimum absolute atomic E-state index is 0.0450. The van der Waals surface area contributed by atoms with Crippen molar-refractivity contribution in [3.8, 4) is 16.6 Å². The summed E-state index contributed by atoms with van der Waals surface area (Å²) < 4.78 is 0. The summed E-state index contributed by atoms with van der Waals surface area (Å²) in [5.41, 5.74) is 2.85. The third-order valence-electron chi connectivity index (χ3n) is 3.54. The number of halogens is 1. The molecule has 0 amide bonds. The quantitative estimate of drug-likeness (QED) is 0.423. The summed E-state index contributed by atoms with van der Waals surface area (Å²) in [6.45, 7) is 1.94. The predicted octanol–water partition coefficient (Wildman–Crippen LogP) is 5.62. The van der Waals surface area contributed by atoms with E-state index in [1.165, 1.54) is 11.8 Å². The number of aryl methyl sites for hydroxylation is 1. The molecule has 25 heavy (non-hydrogen) atoms. The number of hydrogen-bond donors (Lipinski definition) is 0. The van der Waals surface area contributed by atoms with E-state index in [-0.39, 0.29) is 11.5 Å². The predicted molar refractivity (Wildman–Crippen MR) is 104 cm³/mol. The number of benzene rings is 1. The van der Waals surface area contributed by atoms with Crippen molar-refractivity contribution in [2.45, 2.75) is 11.9 Å². The van der Waals surface area contributed by atoms with E-state index in [9.17, 15) is 10.1 Å². The number of aromatic nitrogens is 1. The molecule has 1 aromatic carbocycles. The van der Waals surface area contributed by atoms with Gasteiger partial charge in [0.05, 0.1) is 21.9 Å². The summed E-state index contributed by atoms with van der Waals surface area (Å²) in [4.78, 5) is 18.0. The van der Waals surface area contributed by atoms with Gasteiger partial charge in [0, 0.05) is 10.6 Å². The van der Waals surface area contributed by atoms with Crippen LogP contribution < -0.4 is 0 Å². The van der Waals surface area contributed by atoms with Gasteiger partial charge < -0.3 is 0 Å². The second-order valence-electron chi connectivity index (χ2n) is 5.32. The molecule has 0 aliphatic rings. The van der Waals surface area contributed by atoms with Crippen LogP contribution in [0.25, 0.3) is 10.6 Å². The Morgan fingerprint density at radius 2 is 2.16 bits per heavy atom. The Morgan fingerprint density at radius 1 is 1.32 bits per heavy atom. The minimum Gasteiger partial charge on any atom is -0.293 e. The molecule has 0 aliphatic carbocycles. The summed E-state index contributed by atoms with van der Waals surface area (Å²) in [5, 5.41) is 12.5. The Bertz CT molecular complexity index is 962. The number of rotatable bonds is 5. The third kappa shape index (κ3) is 4.10. The van der Waals surface area contributed by atoms with Crippen LogP contribution in [0.4, 0.5) is 0 Å². The molecule has 3 rings (SSSR count). The number of thiophene rings is 1. The van der Waals surface area contributed by atoms with Crippen LogP contribution in [-0.4, -0.2) is 16.5 Å². The molecule has 2 heterocycles. The molecule has 0 bridgehead atoms. The van der Waals surface area contributed by atoms with Crippen molar-refractivity contribution < 1.29 is 4.79 Å². The molecular weight excluding hydrogens is 372 g/mol. The first-order valence-corrected chi connectivity index (χ1v) is 9.70. The number of nitriles is 1. The van der Waals surface area contributed by atoms with Crippen molar-refractivity contribution in [2.75, 3.05) is 5.75 Å². The second-order valence-corrected chi connectivity index (χ2v) is 7.67. The van der Waals surface area contributed by atoms with Gasteiger partial charge in [0.1, 0.15) is 11.1 Å². The number of carbonyl (C=O) groups is 1. The highest BCUT2D eigenvalue weighted by Gasteiger charge is 2.14. The fourth-order valence-electron chi connectivity index (χ4n) is 2.33. The number of hydrogen-bond acceptors (Lipinski definition) is 5. The highest BCUT2D eigenvalue weighted by atomic mass is 35.5. The average Bonchev–Trinajstić information content (AvgIpc) is 3.14. The van der Waals surface area contributed by atoms with Gasteiger partial charge in [0.2, 0.25) is 0 Å². The summed E-state index contributed by atoms with van der Waals surface area (Å²) in [6, 6.07) is 14.8. The summed E-state index contributed by atoms with van der Waals surface area (Å²) in [5.74, 6) is 0.158. The molecule has 0 saturated heterocycles. The SMILES string of the molecule is Cc1cc(C#N)c(SCC(=O)c2cccc(Cl)c2)nc1-c1cccs1. The normalized spacial score (nSPS) is 10.4. The van der Waals surface area contributed by atoms with Crippen molar-refractivity contribution in [2.24, 2.45) is 0 Å². The van der Waals surface area contributed by atoms with E-state index in [1.807, 2.05) is 30.5 Å². The van der Waals surface area contributed by atoms with E-state index in [4.69, 9.17) is 11.6 Å². The maximum Gasteiger partial charge on any atom is 0.173 e. The lowest BCUT2D eigenvalue weighted by Gasteiger charge is -2.08. The first kappa shape index (κ1) is 17.7. The Hall–Kier alpha value is -2.13. The minimum atomic E-state index is -0.0450. The molecule has 3 aromatic rings. The van der Waals surface area contributed by atoms with E-state index in [2.05, 4.69) is 11.1 Å². The number of nitrogens with zero attached hydrogens (tertiary/aromatic N) is 2. The Balaban J connectivity index is 1.85. The molecule has 3 nitrogen and oxygen atoms in total. The summed E-state index contributed by atoms with van der Waals surface area (Å²) in [7, 11) is 0. The van der Waals surface area contributed by atoms with Gasteiger partial charge in [-0.3, -0.25) is 4.79 Å². The first-order chi connectivity index (χ1) is 12.1. The lowest BCUT2D eigenvalue weighted by atomic mass is 10.1. The van der Waals surface area contributed by atoms with Crippen molar-refractivity contribution in [1.29, 1.82) is 5.26 Å². The maximum absolute atomic E-state index is 12.4. The zero-order chi connectivity index (χ0) is 17.8. The molecule has 2 aromatic heterocycles. The van der Waals surface area contributed by atoms with Crippen molar-refractivity contribution in [1.82, 2.24) is 4.98 Å². The van der Waals surface area contributed by atoms with Crippen LogP contribution in [0.3, 0.4) is 0 Å². The zero-order valence-corrected chi connectivity index (χ0v) is 15.7. The maximum atomic E-state index is 12.4. The van der Waals surface area contributed by atoms with Crippen LogP contribution in [0.1, 0.15) is 21.5 Å². The number of thioether (sulfide) groups is 1. The van der Waals surface area contributed by atoms with E-state index >= 15 is 0 Å². The smallest absolute Gasteiger partial charge is 0.173 e. The van der Waals surface area contributed by atoms with Gasteiger partial charge in [-0.1, -0.05) is 41.6 Å². The Labute approximate surface area is 159 Å². The van der Waals surface area contributed by atoms with Gasteiger partial charge >= 0.3 is 0 Å².